The second-order valence-electron chi connectivity index (χ2n) is 7.99. The summed E-state index contributed by atoms with van der Waals surface area (Å²) in [5.41, 5.74) is 0.322. The molecule has 2 aliphatic heterocycles. The van der Waals surface area contributed by atoms with Crippen LogP contribution in [0.4, 0.5) is 5.69 Å². The third-order valence-corrected chi connectivity index (χ3v) is 9.99. The molecule has 13 heteroatoms. The molecule has 0 amide bonds. The summed E-state index contributed by atoms with van der Waals surface area (Å²) in [5.74, 6) is 0.213. The van der Waals surface area contributed by atoms with Crippen LogP contribution in [0.1, 0.15) is 18.6 Å². The van der Waals surface area contributed by atoms with Crippen molar-refractivity contribution in [2.24, 2.45) is 0 Å². The molecule has 33 heavy (non-hydrogen) atoms. The number of nitro groups is 1. The summed E-state index contributed by atoms with van der Waals surface area (Å²) < 4.78 is 54.1. The Kier molecular flexibility index (Phi) is 6.34. The SMILES string of the molecule is CC(OP(=O)(N1CC1)N1CC1)c1ccc([N+](=O)[O-])c(Oc2ccc(S(=O)(=O)N(C)C)cc2)c1. The number of rotatable bonds is 10. The summed E-state index contributed by atoms with van der Waals surface area (Å²) in [6.07, 6.45) is -0.590. The Morgan fingerprint density at radius 2 is 1.64 bits per heavy atom. The predicted octanol–water partition coefficient (Wildman–Crippen LogP) is 3.45. The van der Waals surface area contributed by atoms with Gasteiger partial charge in [0, 0.05) is 46.3 Å². The Balaban J connectivity index is 1.58. The van der Waals surface area contributed by atoms with Gasteiger partial charge in [-0.3, -0.25) is 19.2 Å². The van der Waals surface area contributed by atoms with Crippen molar-refractivity contribution in [3.05, 3.63) is 58.1 Å². The summed E-state index contributed by atoms with van der Waals surface area (Å²) in [7, 11) is -3.83. The van der Waals surface area contributed by atoms with Crippen molar-refractivity contribution in [2.75, 3.05) is 40.3 Å². The lowest BCUT2D eigenvalue weighted by Crippen LogP contribution is -2.22. The number of hydrogen-bond donors (Lipinski definition) is 0. The van der Waals surface area contributed by atoms with E-state index in [0.717, 1.165) is 4.31 Å². The fourth-order valence-corrected chi connectivity index (χ4v) is 6.46. The van der Waals surface area contributed by atoms with Crippen LogP contribution in [0.5, 0.6) is 11.5 Å². The van der Waals surface area contributed by atoms with Crippen molar-refractivity contribution in [2.45, 2.75) is 17.9 Å². The molecule has 0 saturated carbocycles. The highest BCUT2D eigenvalue weighted by Crippen LogP contribution is 2.63. The Labute approximate surface area is 192 Å². The first-order valence-electron chi connectivity index (χ1n) is 10.3. The van der Waals surface area contributed by atoms with Gasteiger partial charge < -0.3 is 4.74 Å². The standard InChI is InChI=1S/C20H25N4O7PS/c1-15(31-32(27,22-10-11-22)23-12-13-23)16-4-9-19(24(25)26)20(14-16)30-17-5-7-18(8-6-17)33(28,29)21(2)3/h4-9,14-15H,10-13H2,1-3H3. The summed E-state index contributed by atoms with van der Waals surface area (Å²) in [5, 5.41) is 11.5. The van der Waals surface area contributed by atoms with Crippen LogP contribution in [-0.4, -0.2) is 67.3 Å². The van der Waals surface area contributed by atoms with Crippen molar-refractivity contribution >= 4 is 23.4 Å². The minimum atomic E-state index is -3.61. The molecule has 0 N–H and O–H groups in total. The molecule has 2 aromatic carbocycles. The monoisotopic (exact) mass is 496 g/mol. The van der Waals surface area contributed by atoms with E-state index in [9.17, 15) is 23.1 Å². The van der Waals surface area contributed by atoms with E-state index >= 15 is 0 Å². The number of nitrogens with zero attached hydrogens (tertiary/aromatic N) is 4. The molecule has 0 aromatic heterocycles. The van der Waals surface area contributed by atoms with Crippen molar-refractivity contribution in [3.8, 4) is 11.5 Å². The van der Waals surface area contributed by atoms with Crippen LogP contribution in [0.2, 0.25) is 0 Å². The van der Waals surface area contributed by atoms with Gasteiger partial charge in [-0.25, -0.2) is 22.1 Å². The average Bonchev–Trinajstić information content (AvgIpc) is 3.65. The lowest BCUT2D eigenvalue weighted by atomic mass is 10.1. The van der Waals surface area contributed by atoms with Crippen LogP contribution >= 0.6 is 7.67 Å². The zero-order valence-electron chi connectivity index (χ0n) is 18.4. The van der Waals surface area contributed by atoms with E-state index in [1.807, 2.05) is 0 Å². The summed E-state index contributed by atoms with van der Waals surface area (Å²) >= 11 is 0. The zero-order valence-corrected chi connectivity index (χ0v) is 20.2. The van der Waals surface area contributed by atoms with E-state index in [0.29, 0.717) is 31.7 Å². The van der Waals surface area contributed by atoms with Crippen LogP contribution < -0.4 is 4.74 Å². The van der Waals surface area contributed by atoms with Crippen LogP contribution in [0.15, 0.2) is 47.4 Å². The normalized spacial score (nSPS) is 17.7. The average molecular weight is 496 g/mol. The molecule has 11 nitrogen and oxygen atoms in total. The van der Waals surface area contributed by atoms with E-state index in [-0.39, 0.29) is 22.1 Å². The molecule has 1 atom stereocenters. The number of nitro benzene ring substituents is 1. The highest BCUT2D eigenvalue weighted by atomic mass is 32.2. The minimum Gasteiger partial charge on any atom is -0.450 e. The Hall–Kier alpha value is -2.34. The van der Waals surface area contributed by atoms with Crippen LogP contribution in [0.3, 0.4) is 0 Å². The smallest absolute Gasteiger partial charge is 0.346 e. The van der Waals surface area contributed by atoms with E-state index in [4.69, 9.17) is 9.26 Å². The van der Waals surface area contributed by atoms with E-state index < -0.39 is 28.7 Å². The highest BCUT2D eigenvalue weighted by Gasteiger charge is 2.50. The van der Waals surface area contributed by atoms with E-state index in [2.05, 4.69) is 0 Å². The van der Waals surface area contributed by atoms with Gasteiger partial charge in [-0.15, -0.1) is 0 Å². The number of sulfonamides is 1. The molecular formula is C20H25N4O7PS. The van der Waals surface area contributed by atoms with E-state index in [1.165, 1.54) is 50.5 Å². The molecular weight excluding hydrogens is 471 g/mol. The highest BCUT2D eigenvalue weighted by molar-refractivity contribution is 7.89. The molecule has 1 unspecified atom stereocenters. The molecule has 2 heterocycles. The topological polar surface area (TPSA) is 122 Å². The zero-order chi connectivity index (χ0) is 24.0. The molecule has 2 saturated heterocycles. The van der Waals surface area contributed by atoms with Gasteiger partial charge in [0.25, 0.3) is 0 Å². The maximum Gasteiger partial charge on any atom is 0.346 e. The van der Waals surface area contributed by atoms with Gasteiger partial charge in [0.15, 0.2) is 0 Å². The quantitative estimate of drug-likeness (QED) is 0.211. The van der Waals surface area contributed by atoms with Crippen molar-refractivity contribution in [1.82, 2.24) is 13.6 Å². The van der Waals surface area contributed by atoms with Gasteiger partial charge in [-0.2, -0.15) is 0 Å². The van der Waals surface area contributed by atoms with Gasteiger partial charge in [-0.1, -0.05) is 0 Å². The molecule has 2 fully saturated rings. The fraction of sp³-hybridized carbons (Fsp3) is 0.400. The van der Waals surface area contributed by atoms with Gasteiger partial charge >= 0.3 is 13.4 Å². The molecule has 0 radical (unpaired) electrons. The molecule has 0 bridgehead atoms. The summed E-state index contributed by atoms with van der Waals surface area (Å²) in [6.45, 7) is 4.61. The minimum absolute atomic E-state index is 0.0237. The van der Waals surface area contributed by atoms with Crippen molar-refractivity contribution in [1.29, 1.82) is 0 Å². The molecule has 0 aliphatic carbocycles. The maximum absolute atomic E-state index is 13.3. The first-order valence-corrected chi connectivity index (χ1v) is 13.3. The van der Waals surface area contributed by atoms with Crippen LogP contribution in [0, 0.1) is 10.1 Å². The predicted molar refractivity (Wildman–Crippen MR) is 121 cm³/mol. The summed E-state index contributed by atoms with van der Waals surface area (Å²) in [6, 6.07) is 9.96. The summed E-state index contributed by atoms with van der Waals surface area (Å²) in [4.78, 5) is 11.0. The maximum atomic E-state index is 13.3. The number of hydrogen-bond acceptors (Lipinski definition) is 7. The first kappa shape index (κ1) is 23.8. The number of benzene rings is 2. The Morgan fingerprint density at radius 1 is 1.06 bits per heavy atom. The second kappa shape index (κ2) is 8.79. The molecule has 2 aliphatic rings. The number of ether oxygens (including phenoxy) is 1. The molecule has 2 aromatic rings. The molecule has 178 valence electrons. The third kappa shape index (κ3) is 4.96. The van der Waals surface area contributed by atoms with E-state index in [1.54, 1.807) is 22.3 Å². The van der Waals surface area contributed by atoms with Crippen LogP contribution in [-0.2, 0) is 19.1 Å². The third-order valence-electron chi connectivity index (χ3n) is 5.34. The van der Waals surface area contributed by atoms with Gasteiger partial charge in [0.05, 0.1) is 15.9 Å². The van der Waals surface area contributed by atoms with Crippen LogP contribution in [0.25, 0.3) is 0 Å². The van der Waals surface area contributed by atoms with Crippen molar-refractivity contribution < 1.29 is 27.2 Å². The molecule has 0 spiro atoms. The van der Waals surface area contributed by atoms with Crippen molar-refractivity contribution in [3.63, 3.8) is 0 Å². The fourth-order valence-electron chi connectivity index (χ4n) is 3.21. The molecule has 4 rings (SSSR count). The Bertz CT molecular complexity index is 1200. The van der Waals surface area contributed by atoms with Gasteiger partial charge in [0.2, 0.25) is 15.8 Å². The van der Waals surface area contributed by atoms with Gasteiger partial charge in [0.1, 0.15) is 5.75 Å². The first-order chi connectivity index (χ1) is 15.5. The van der Waals surface area contributed by atoms with Gasteiger partial charge in [-0.05, 0) is 48.9 Å². The Morgan fingerprint density at radius 3 is 2.12 bits per heavy atom. The largest absolute Gasteiger partial charge is 0.450 e. The lowest BCUT2D eigenvalue weighted by Gasteiger charge is -2.24. The second-order valence-corrected chi connectivity index (χ2v) is 12.5. The lowest BCUT2D eigenvalue weighted by molar-refractivity contribution is -0.385.